The Bertz CT molecular complexity index is 730. The lowest BCUT2D eigenvalue weighted by atomic mass is 10.1. The number of nitrogens with zero attached hydrogens (tertiary/aromatic N) is 2. The van der Waals surface area contributed by atoms with E-state index in [2.05, 4.69) is 0 Å². The second-order valence-electron chi connectivity index (χ2n) is 5.46. The highest BCUT2D eigenvalue weighted by Crippen LogP contribution is 2.33. The molecule has 0 aromatic heterocycles. The number of likely N-dealkylation sites (N-methyl/N-ethyl adjacent to an activating group) is 1. The number of hydrogen-bond donors (Lipinski definition) is 0. The molecule has 2 aromatic rings. The van der Waals surface area contributed by atoms with Crippen molar-refractivity contribution in [3.05, 3.63) is 54.6 Å². The van der Waals surface area contributed by atoms with Crippen molar-refractivity contribution in [2.24, 2.45) is 0 Å². The first-order valence-corrected chi connectivity index (χ1v) is 7.43. The maximum absolute atomic E-state index is 12.5. The standard InChI is InChI=1S/C18H18N2O3/c1-19(13-8-4-3-5-9-13)17(21)12-16-18(22)20(2)14-10-6-7-11-15(14)23-16/h3-11,16H,12H2,1-2H3. The monoisotopic (exact) mass is 310 g/mol. The van der Waals surface area contributed by atoms with Crippen molar-refractivity contribution in [1.82, 2.24) is 0 Å². The molecule has 1 aliphatic rings. The summed E-state index contributed by atoms with van der Waals surface area (Å²) in [6.45, 7) is 0. The molecular weight excluding hydrogens is 292 g/mol. The van der Waals surface area contributed by atoms with Crippen molar-refractivity contribution in [1.29, 1.82) is 0 Å². The van der Waals surface area contributed by atoms with Gasteiger partial charge in [0.15, 0.2) is 6.10 Å². The van der Waals surface area contributed by atoms with Crippen LogP contribution in [-0.4, -0.2) is 32.0 Å². The first-order chi connectivity index (χ1) is 11.1. The van der Waals surface area contributed by atoms with Crippen LogP contribution in [0.3, 0.4) is 0 Å². The number of benzene rings is 2. The first kappa shape index (κ1) is 15.1. The third kappa shape index (κ3) is 2.90. The third-order valence-electron chi connectivity index (χ3n) is 3.98. The number of ether oxygens (including phenoxy) is 1. The average Bonchev–Trinajstić information content (AvgIpc) is 2.59. The van der Waals surface area contributed by atoms with E-state index < -0.39 is 6.10 Å². The van der Waals surface area contributed by atoms with Crippen molar-refractivity contribution in [3.8, 4) is 5.75 Å². The van der Waals surface area contributed by atoms with Crippen LogP contribution >= 0.6 is 0 Å². The maximum atomic E-state index is 12.5. The molecule has 5 heteroatoms. The van der Waals surface area contributed by atoms with Gasteiger partial charge in [-0.25, -0.2) is 0 Å². The van der Waals surface area contributed by atoms with Gasteiger partial charge in [-0.3, -0.25) is 9.59 Å². The van der Waals surface area contributed by atoms with Crippen molar-refractivity contribution in [2.75, 3.05) is 23.9 Å². The van der Waals surface area contributed by atoms with Crippen LogP contribution in [0.25, 0.3) is 0 Å². The van der Waals surface area contributed by atoms with Gasteiger partial charge >= 0.3 is 0 Å². The molecule has 118 valence electrons. The Hall–Kier alpha value is -2.82. The largest absolute Gasteiger partial charge is 0.478 e. The van der Waals surface area contributed by atoms with Crippen molar-refractivity contribution >= 4 is 23.2 Å². The molecule has 1 aliphatic heterocycles. The molecule has 0 radical (unpaired) electrons. The van der Waals surface area contributed by atoms with E-state index in [9.17, 15) is 9.59 Å². The van der Waals surface area contributed by atoms with Gasteiger partial charge in [-0.1, -0.05) is 30.3 Å². The van der Waals surface area contributed by atoms with Crippen LogP contribution in [0.1, 0.15) is 6.42 Å². The number of amides is 2. The summed E-state index contributed by atoms with van der Waals surface area (Å²) in [5, 5.41) is 0. The minimum absolute atomic E-state index is 0.00288. The molecule has 1 unspecified atom stereocenters. The number of para-hydroxylation sites is 3. The van der Waals surface area contributed by atoms with Crippen LogP contribution in [0, 0.1) is 0 Å². The van der Waals surface area contributed by atoms with Gasteiger partial charge in [-0.2, -0.15) is 0 Å². The highest BCUT2D eigenvalue weighted by Gasteiger charge is 2.34. The van der Waals surface area contributed by atoms with E-state index in [4.69, 9.17) is 4.74 Å². The Morgan fingerprint density at radius 3 is 2.52 bits per heavy atom. The van der Waals surface area contributed by atoms with Crippen molar-refractivity contribution in [3.63, 3.8) is 0 Å². The van der Waals surface area contributed by atoms with E-state index in [-0.39, 0.29) is 18.2 Å². The van der Waals surface area contributed by atoms with Gasteiger partial charge in [0.25, 0.3) is 5.91 Å². The number of anilines is 2. The fourth-order valence-electron chi connectivity index (χ4n) is 2.59. The SMILES string of the molecule is CN(C(=O)CC1Oc2ccccc2N(C)C1=O)c1ccccc1. The summed E-state index contributed by atoms with van der Waals surface area (Å²) in [6, 6.07) is 16.6. The van der Waals surface area contributed by atoms with E-state index in [0.717, 1.165) is 11.4 Å². The molecule has 0 saturated heterocycles. The summed E-state index contributed by atoms with van der Waals surface area (Å²) in [5.74, 6) is 0.246. The molecular formula is C18H18N2O3. The maximum Gasteiger partial charge on any atom is 0.268 e. The van der Waals surface area contributed by atoms with E-state index >= 15 is 0 Å². The minimum atomic E-state index is -0.798. The van der Waals surface area contributed by atoms with Crippen LogP contribution in [0.2, 0.25) is 0 Å². The van der Waals surface area contributed by atoms with Crippen LogP contribution in [0.5, 0.6) is 5.75 Å². The molecule has 1 heterocycles. The van der Waals surface area contributed by atoms with E-state index in [1.807, 2.05) is 48.5 Å². The molecule has 2 aromatic carbocycles. The smallest absolute Gasteiger partial charge is 0.268 e. The zero-order chi connectivity index (χ0) is 16.4. The third-order valence-corrected chi connectivity index (χ3v) is 3.98. The Kier molecular flexibility index (Phi) is 4.02. The topological polar surface area (TPSA) is 49.9 Å². The summed E-state index contributed by atoms with van der Waals surface area (Å²) in [7, 11) is 3.39. The highest BCUT2D eigenvalue weighted by atomic mass is 16.5. The lowest BCUT2D eigenvalue weighted by molar-refractivity contribution is -0.130. The zero-order valence-electron chi connectivity index (χ0n) is 13.1. The summed E-state index contributed by atoms with van der Waals surface area (Å²) >= 11 is 0. The number of fused-ring (bicyclic) bond motifs is 1. The van der Waals surface area contributed by atoms with Gasteiger partial charge in [-0.05, 0) is 24.3 Å². The molecule has 23 heavy (non-hydrogen) atoms. The fourth-order valence-corrected chi connectivity index (χ4v) is 2.59. The molecule has 5 nitrogen and oxygen atoms in total. The molecule has 0 N–H and O–H groups in total. The van der Waals surface area contributed by atoms with Gasteiger partial charge in [0.2, 0.25) is 5.91 Å². The van der Waals surface area contributed by atoms with E-state index in [1.165, 1.54) is 4.90 Å². The van der Waals surface area contributed by atoms with Crippen LogP contribution in [-0.2, 0) is 9.59 Å². The highest BCUT2D eigenvalue weighted by molar-refractivity contribution is 6.03. The summed E-state index contributed by atoms with van der Waals surface area (Å²) < 4.78 is 5.73. The Labute approximate surface area is 135 Å². The van der Waals surface area contributed by atoms with Gasteiger partial charge in [0, 0.05) is 19.8 Å². The van der Waals surface area contributed by atoms with Gasteiger partial charge in [-0.15, -0.1) is 0 Å². The minimum Gasteiger partial charge on any atom is -0.478 e. The molecule has 0 bridgehead atoms. The fraction of sp³-hybridized carbons (Fsp3) is 0.222. The summed E-state index contributed by atoms with van der Waals surface area (Å²) in [4.78, 5) is 27.9. The zero-order valence-corrected chi connectivity index (χ0v) is 13.1. The summed E-state index contributed by atoms with van der Waals surface area (Å²) in [6.07, 6.45) is -0.795. The normalized spacial score (nSPS) is 16.5. The number of rotatable bonds is 3. The van der Waals surface area contributed by atoms with Crippen LogP contribution < -0.4 is 14.5 Å². The molecule has 0 spiro atoms. The van der Waals surface area contributed by atoms with Crippen molar-refractivity contribution < 1.29 is 14.3 Å². The molecule has 0 aliphatic carbocycles. The lowest BCUT2D eigenvalue weighted by Gasteiger charge is -2.32. The first-order valence-electron chi connectivity index (χ1n) is 7.43. The lowest BCUT2D eigenvalue weighted by Crippen LogP contribution is -2.46. The van der Waals surface area contributed by atoms with Crippen molar-refractivity contribution in [2.45, 2.75) is 12.5 Å². The molecule has 1 atom stereocenters. The molecule has 0 fully saturated rings. The van der Waals surface area contributed by atoms with E-state index in [1.54, 1.807) is 25.1 Å². The van der Waals surface area contributed by atoms with Gasteiger partial charge < -0.3 is 14.5 Å². The predicted molar refractivity (Wildman–Crippen MR) is 88.7 cm³/mol. The van der Waals surface area contributed by atoms with E-state index in [0.29, 0.717) is 5.75 Å². The number of carbonyl (C=O) groups is 2. The second-order valence-corrected chi connectivity index (χ2v) is 5.46. The summed E-state index contributed by atoms with van der Waals surface area (Å²) in [5.41, 5.74) is 1.51. The van der Waals surface area contributed by atoms with Gasteiger partial charge in [0.1, 0.15) is 5.75 Å². The average molecular weight is 310 g/mol. The van der Waals surface area contributed by atoms with Crippen LogP contribution in [0.4, 0.5) is 11.4 Å². The number of carbonyl (C=O) groups excluding carboxylic acids is 2. The van der Waals surface area contributed by atoms with Gasteiger partial charge in [0.05, 0.1) is 12.1 Å². The quantitative estimate of drug-likeness (QED) is 0.875. The predicted octanol–water partition coefficient (Wildman–Crippen LogP) is 2.46. The molecule has 3 rings (SSSR count). The van der Waals surface area contributed by atoms with Crippen LogP contribution in [0.15, 0.2) is 54.6 Å². The molecule has 2 amide bonds. The Balaban J connectivity index is 1.76. The second kappa shape index (κ2) is 6.12. The number of hydrogen-bond acceptors (Lipinski definition) is 3. The molecule has 0 saturated carbocycles. The Morgan fingerprint density at radius 2 is 1.78 bits per heavy atom. The Morgan fingerprint density at radius 1 is 1.13 bits per heavy atom.